The quantitative estimate of drug-likeness (QED) is 0.600. The van der Waals surface area contributed by atoms with Crippen LogP contribution in [0.15, 0.2) is 48.1 Å². The Morgan fingerprint density at radius 1 is 1.07 bits per heavy atom. The summed E-state index contributed by atoms with van der Waals surface area (Å²) in [6.45, 7) is 2.12. The van der Waals surface area contributed by atoms with Crippen LogP contribution in [-0.2, 0) is 20.5 Å². The first-order valence-corrected chi connectivity index (χ1v) is 13.4. The third-order valence-corrected chi connectivity index (χ3v) is 2.02. The molecule has 1 aliphatic carbocycles. The second-order valence-electron chi connectivity index (χ2n) is 3.11. The number of allylic oxidation sites excluding steroid dienone is 4. The van der Waals surface area contributed by atoms with Crippen LogP contribution in [0.1, 0.15) is 12.5 Å². The second-order valence-corrected chi connectivity index (χ2v) is 8.31. The molecule has 0 saturated carbocycles. The number of hydrogen-bond donors (Lipinski definition) is 0. The number of rotatable bonds is 1. The first-order chi connectivity index (χ1) is 7.27. The standard InChI is InChI=1S/C12H11.2ClH.Hf/c1-10-7-8-12(9-10)11-5-3-2-4-6-11;;;/h2-9H,1H3;2*1H;/q;;;+2/p-2. The molecule has 0 unspecified atom stereocenters. The molecule has 0 N–H and O–H groups in total. The summed E-state index contributed by atoms with van der Waals surface area (Å²) >= 11 is -0.972. The molecule has 1 aromatic carbocycles. The fraction of sp³-hybridized carbons (Fsp3) is 0.0833. The van der Waals surface area contributed by atoms with Crippen LogP contribution in [0.2, 0.25) is 0 Å². The molecule has 1 aromatic rings. The molecular formula is C12H11Cl2Hf. The maximum atomic E-state index is 4.96. The Morgan fingerprint density at radius 2 is 1.67 bits per heavy atom. The van der Waals surface area contributed by atoms with Gasteiger partial charge in [0.15, 0.2) is 0 Å². The number of hydrogen-bond acceptors (Lipinski definition) is 0. The van der Waals surface area contributed by atoms with Crippen molar-refractivity contribution in [1.29, 1.82) is 0 Å². The maximum absolute atomic E-state index is 4.96. The summed E-state index contributed by atoms with van der Waals surface area (Å²) in [5.74, 6) is 0. The van der Waals surface area contributed by atoms with Gasteiger partial charge in [-0.3, -0.25) is 0 Å². The molecule has 1 aliphatic rings. The van der Waals surface area contributed by atoms with E-state index >= 15 is 0 Å². The first-order valence-electron chi connectivity index (χ1n) is 4.53. The van der Waals surface area contributed by atoms with Crippen molar-refractivity contribution in [1.82, 2.24) is 0 Å². The van der Waals surface area contributed by atoms with Crippen molar-refractivity contribution in [2.45, 2.75) is 6.92 Å². The molecule has 0 aliphatic heterocycles. The number of benzene rings is 1. The molecule has 3 heteroatoms. The third kappa shape index (κ3) is 4.67. The van der Waals surface area contributed by atoms with Gasteiger partial charge in [0.1, 0.15) is 0 Å². The molecule has 15 heavy (non-hydrogen) atoms. The molecule has 0 amide bonds. The molecule has 0 nitrogen and oxygen atoms in total. The Bertz CT molecular complexity index is 355. The van der Waals surface area contributed by atoms with Crippen LogP contribution in [-0.4, -0.2) is 0 Å². The van der Waals surface area contributed by atoms with Crippen LogP contribution in [0.4, 0.5) is 0 Å². The van der Waals surface area contributed by atoms with E-state index in [0.717, 1.165) is 0 Å². The zero-order valence-electron chi connectivity index (χ0n) is 8.37. The SMILES string of the molecule is CC1=CC(c2ccccc2)=C[CH]1.[Cl][Hf][Cl]. The van der Waals surface area contributed by atoms with Crippen molar-refractivity contribution >= 4 is 22.7 Å². The van der Waals surface area contributed by atoms with Crippen LogP contribution in [0, 0.1) is 6.42 Å². The van der Waals surface area contributed by atoms with Crippen LogP contribution in [0.3, 0.4) is 0 Å². The molecule has 0 saturated heterocycles. The Balaban J connectivity index is 0.000000337. The van der Waals surface area contributed by atoms with E-state index in [-0.39, 0.29) is 0 Å². The zero-order chi connectivity index (χ0) is 11.1. The minimum absolute atomic E-state index is 0.972. The topological polar surface area (TPSA) is 0 Å². The Labute approximate surface area is 109 Å². The molecule has 0 spiro atoms. The van der Waals surface area contributed by atoms with Gasteiger partial charge in [-0.1, -0.05) is 48.1 Å². The fourth-order valence-electron chi connectivity index (χ4n) is 1.37. The molecular weight excluding hydrogens is 394 g/mol. The summed E-state index contributed by atoms with van der Waals surface area (Å²) in [7, 11) is 9.92. The van der Waals surface area contributed by atoms with Gasteiger partial charge in [-0.2, -0.15) is 0 Å². The summed E-state index contributed by atoms with van der Waals surface area (Å²) in [5.41, 5.74) is 3.94. The van der Waals surface area contributed by atoms with Crippen LogP contribution in [0.25, 0.3) is 5.57 Å². The van der Waals surface area contributed by atoms with Crippen molar-refractivity contribution in [2.24, 2.45) is 0 Å². The van der Waals surface area contributed by atoms with Gasteiger partial charge in [0.05, 0.1) is 0 Å². The predicted molar refractivity (Wildman–Crippen MR) is 64.2 cm³/mol. The Morgan fingerprint density at radius 3 is 2.13 bits per heavy atom. The molecule has 0 bridgehead atoms. The van der Waals surface area contributed by atoms with Crippen molar-refractivity contribution < 1.29 is 20.5 Å². The van der Waals surface area contributed by atoms with Crippen LogP contribution in [0.5, 0.6) is 0 Å². The van der Waals surface area contributed by atoms with E-state index in [1.807, 2.05) is 6.07 Å². The van der Waals surface area contributed by atoms with E-state index in [4.69, 9.17) is 17.2 Å². The van der Waals surface area contributed by atoms with Gasteiger partial charge in [0.25, 0.3) is 0 Å². The van der Waals surface area contributed by atoms with Gasteiger partial charge < -0.3 is 0 Å². The van der Waals surface area contributed by atoms with Gasteiger partial charge in [0, 0.05) is 6.42 Å². The van der Waals surface area contributed by atoms with E-state index < -0.39 is 20.5 Å². The van der Waals surface area contributed by atoms with Gasteiger partial charge in [-0.05, 0) is 18.1 Å². The molecule has 0 atom stereocenters. The molecule has 1 radical (unpaired) electrons. The van der Waals surface area contributed by atoms with Gasteiger partial charge in [0.2, 0.25) is 0 Å². The van der Waals surface area contributed by atoms with Gasteiger partial charge in [-0.25, -0.2) is 0 Å². The normalized spacial score (nSPS) is 13.5. The summed E-state index contributed by atoms with van der Waals surface area (Å²) in [5, 5.41) is 0. The molecule has 2 rings (SSSR count). The van der Waals surface area contributed by atoms with E-state index in [1.165, 1.54) is 16.7 Å². The third-order valence-electron chi connectivity index (χ3n) is 2.02. The summed E-state index contributed by atoms with van der Waals surface area (Å²) in [4.78, 5) is 0. The van der Waals surface area contributed by atoms with Crippen LogP contribution < -0.4 is 0 Å². The first kappa shape index (κ1) is 13.2. The monoisotopic (exact) mass is 405 g/mol. The average molecular weight is 405 g/mol. The van der Waals surface area contributed by atoms with E-state index in [9.17, 15) is 0 Å². The van der Waals surface area contributed by atoms with Gasteiger partial charge >= 0.3 is 37.7 Å². The minimum atomic E-state index is -0.972. The van der Waals surface area contributed by atoms with Crippen molar-refractivity contribution in [3.8, 4) is 0 Å². The zero-order valence-corrected chi connectivity index (χ0v) is 13.5. The summed E-state index contributed by atoms with van der Waals surface area (Å²) in [6, 6.07) is 10.4. The predicted octanol–water partition coefficient (Wildman–Crippen LogP) is 4.61. The van der Waals surface area contributed by atoms with Crippen molar-refractivity contribution in [2.75, 3.05) is 0 Å². The Hall–Kier alpha value is 0.150. The second kappa shape index (κ2) is 7.43. The van der Waals surface area contributed by atoms with Crippen molar-refractivity contribution in [3.05, 3.63) is 60.0 Å². The molecule has 0 aromatic heterocycles. The van der Waals surface area contributed by atoms with E-state index in [1.54, 1.807) is 0 Å². The summed E-state index contributed by atoms with van der Waals surface area (Å²) in [6.07, 6.45) is 6.50. The Kier molecular flexibility index (Phi) is 6.54. The molecule has 0 heterocycles. The van der Waals surface area contributed by atoms with Gasteiger partial charge in [-0.15, -0.1) is 0 Å². The average Bonchev–Trinajstić information content (AvgIpc) is 2.67. The fourth-order valence-corrected chi connectivity index (χ4v) is 1.37. The molecule has 0 fully saturated rings. The molecule has 77 valence electrons. The number of halogens is 2. The van der Waals surface area contributed by atoms with Crippen molar-refractivity contribution in [3.63, 3.8) is 0 Å². The van der Waals surface area contributed by atoms with Crippen LogP contribution >= 0.6 is 17.2 Å². The van der Waals surface area contributed by atoms with E-state index in [0.29, 0.717) is 0 Å². The summed E-state index contributed by atoms with van der Waals surface area (Å²) < 4.78 is 0. The van der Waals surface area contributed by atoms with E-state index in [2.05, 4.69) is 49.8 Å².